The molecule has 0 saturated carbocycles. The van der Waals surface area contributed by atoms with E-state index in [2.05, 4.69) is 11.9 Å². The Kier molecular flexibility index (Phi) is 3.36. The molecule has 1 aliphatic rings. The number of rotatable bonds is 1. The lowest BCUT2D eigenvalue weighted by Gasteiger charge is -1.98. The Bertz CT molecular complexity index is 274. The van der Waals surface area contributed by atoms with E-state index < -0.39 is 0 Å². The average Bonchev–Trinajstić information content (AvgIpc) is 2.14. The molecule has 1 heterocycles. The van der Waals surface area contributed by atoms with Crippen molar-refractivity contribution in [2.45, 2.75) is 20.3 Å². The maximum atomic E-state index is 6.02. The Labute approximate surface area is 82.8 Å². The Balaban J connectivity index is 3.01. The van der Waals surface area contributed by atoms with Gasteiger partial charge in [-0.3, -0.25) is 4.99 Å². The van der Waals surface area contributed by atoms with E-state index in [-0.39, 0.29) is 0 Å². The highest BCUT2D eigenvalue weighted by Gasteiger charge is 2.07. The lowest BCUT2D eigenvalue weighted by Crippen LogP contribution is -1.90. The van der Waals surface area contributed by atoms with Gasteiger partial charge in [0, 0.05) is 5.03 Å². The molecule has 0 amide bonds. The van der Waals surface area contributed by atoms with Gasteiger partial charge in [0.2, 0.25) is 0 Å². The maximum Gasteiger partial charge on any atom is 0.126 e. The first-order valence-electron chi connectivity index (χ1n) is 3.91. The van der Waals surface area contributed by atoms with E-state index in [1.54, 1.807) is 0 Å². The average molecular weight is 204 g/mol. The van der Waals surface area contributed by atoms with Crippen LogP contribution in [0, 0.1) is 0 Å². The quantitative estimate of drug-likeness (QED) is 0.619. The molecule has 1 nitrogen and oxygen atoms in total. The highest BCUT2D eigenvalue weighted by Crippen LogP contribution is 2.21. The standard InChI is InChI=1S/C9H11Cl2N/c1-3-7-5-12-9(11)6(2)4-8(7)10/h4H,3,5H2,1-2H3. The molecule has 0 radical (unpaired) electrons. The van der Waals surface area contributed by atoms with Crippen LogP contribution in [0.2, 0.25) is 0 Å². The lowest BCUT2D eigenvalue weighted by molar-refractivity contribution is 1.01. The zero-order valence-electron chi connectivity index (χ0n) is 7.19. The smallest absolute Gasteiger partial charge is 0.126 e. The molecule has 0 saturated heterocycles. The zero-order chi connectivity index (χ0) is 9.14. The molecule has 0 atom stereocenters. The minimum absolute atomic E-state index is 0.566. The third kappa shape index (κ3) is 2.11. The second kappa shape index (κ2) is 4.11. The Hall–Kier alpha value is -0.270. The number of hydrogen-bond donors (Lipinski definition) is 0. The summed E-state index contributed by atoms with van der Waals surface area (Å²) in [5.41, 5.74) is 2.08. The van der Waals surface area contributed by atoms with Crippen molar-refractivity contribution in [3.63, 3.8) is 0 Å². The van der Waals surface area contributed by atoms with Gasteiger partial charge in [0.1, 0.15) is 5.17 Å². The number of aliphatic imine (C=N–C) groups is 1. The summed E-state index contributed by atoms with van der Waals surface area (Å²) >= 11 is 11.9. The van der Waals surface area contributed by atoms with Crippen LogP contribution in [0.1, 0.15) is 20.3 Å². The van der Waals surface area contributed by atoms with Gasteiger partial charge in [0.05, 0.1) is 6.54 Å². The van der Waals surface area contributed by atoms with Crippen molar-refractivity contribution in [2.75, 3.05) is 6.54 Å². The molecule has 0 N–H and O–H groups in total. The van der Waals surface area contributed by atoms with Crippen molar-refractivity contribution in [1.29, 1.82) is 0 Å². The van der Waals surface area contributed by atoms with Crippen LogP contribution in [0.5, 0.6) is 0 Å². The number of nitrogens with zero attached hydrogens (tertiary/aromatic N) is 1. The fourth-order valence-corrected chi connectivity index (χ4v) is 1.47. The van der Waals surface area contributed by atoms with E-state index in [9.17, 15) is 0 Å². The fourth-order valence-electron chi connectivity index (χ4n) is 0.997. The SMILES string of the molecule is CCC1=C(Cl)C=C(C)C(Cl)=NC1. The number of hydrogen-bond acceptors (Lipinski definition) is 1. The minimum Gasteiger partial charge on any atom is -0.268 e. The van der Waals surface area contributed by atoms with E-state index in [0.717, 1.165) is 22.6 Å². The largest absolute Gasteiger partial charge is 0.268 e. The van der Waals surface area contributed by atoms with Crippen LogP contribution in [0.3, 0.4) is 0 Å². The topological polar surface area (TPSA) is 12.4 Å². The second-order valence-corrected chi connectivity index (χ2v) is 3.50. The van der Waals surface area contributed by atoms with Crippen molar-refractivity contribution in [3.05, 3.63) is 22.3 Å². The number of halogens is 2. The van der Waals surface area contributed by atoms with Crippen LogP contribution in [-0.4, -0.2) is 11.7 Å². The summed E-state index contributed by atoms with van der Waals surface area (Å²) in [6, 6.07) is 0. The number of allylic oxidation sites excluding steroid dienone is 3. The molecule has 3 heteroatoms. The highest BCUT2D eigenvalue weighted by atomic mass is 35.5. The lowest BCUT2D eigenvalue weighted by atomic mass is 10.2. The van der Waals surface area contributed by atoms with Crippen molar-refractivity contribution in [2.24, 2.45) is 4.99 Å². The van der Waals surface area contributed by atoms with Gasteiger partial charge >= 0.3 is 0 Å². The van der Waals surface area contributed by atoms with Crippen LogP contribution in [-0.2, 0) is 0 Å². The predicted octanol–water partition coefficient (Wildman–Crippen LogP) is 3.49. The van der Waals surface area contributed by atoms with Gasteiger partial charge in [-0.05, 0) is 30.6 Å². The summed E-state index contributed by atoms with van der Waals surface area (Å²) in [6.07, 6.45) is 2.80. The Morgan fingerprint density at radius 3 is 2.75 bits per heavy atom. The van der Waals surface area contributed by atoms with Crippen LogP contribution >= 0.6 is 23.2 Å². The molecule has 1 rings (SSSR count). The third-order valence-electron chi connectivity index (χ3n) is 1.84. The zero-order valence-corrected chi connectivity index (χ0v) is 8.71. The molecule has 0 spiro atoms. The first-order chi connectivity index (χ1) is 5.65. The molecule has 1 aliphatic heterocycles. The first kappa shape index (κ1) is 9.82. The molecule has 0 bridgehead atoms. The molecule has 0 aromatic rings. The van der Waals surface area contributed by atoms with Gasteiger partial charge in [-0.15, -0.1) is 0 Å². The predicted molar refractivity (Wildman–Crippen MR) is 55.1 cm³/mol. The van der Waals surface area contributed by atoms with Crippen molar-refractivity contribution >= 4 is 28.4 Å². The van der Waals surface area contributed by atoms with Crippen LogP contribution < -0.4 is 0 Å². The summed E-state index contributed by atoms with van der Waals surface area (Å²) in [4.78, 5) is 4.18. The van der Waals surface area contributed by atoms with E-state index in [1.165, 1.54) is 0 Å². The van der Waals surface area contributed by atoms with Gasteiger partial charge in [0.25, 0.3) is 0 Å². The normalized spacial score (nSPS) is 18.7. The molecular formula is C9H11Cl2N. The molecular weight excluding hydrogens is 193 g/mol. The van der Waals surface area contributed by atoms with Crippen molar-refractivity contribution in [1.82, 2.24) is 0 Å². The monoisotopic (exact) mass is 203 g/mol. The van der Waals surface area contributed by atoms with E-state index in [1.807, 2.05) is 13.0 Å². The molecule has 0 aromatic heterocycles. The summed E-state index contributed by atoms with van der Waals surface area (Å²) in [5, 5.41) is 1.35. The van der Waals surface area contributed by atoms with Gasteiger partial charge in [-0.25, -0.2) is 0 Å². The molecule has 0 unspecified atom stereocenters. The van der Waals surface area contributed by atoms with Gasteiger partial charge in [-0.1, -0.05) is 30.1 Å². The van der Waals surface area contributed by atoms with E-state index in [0.29, 0.717) is 11.7 Å². The van der Waals surface area contributed by atoms with Crippen LogP contribution in [0.15, 0.2) is 27.2 Å². The summed E-state index contributed by atoms with van der Waals surface area (Å²) in [7, 11) is 0. The maximum absolute atomic E-state index is 6.02. The van der Waals surface area contributed by atoms with E-state index in [4.69, 9.17) is 23.2 Å². The van der Waals surface area contributed by atoms with Crippen LogP contribution in [0.4, 0.5) is 0 Å². The Morgan fingerprint density at radius 1 is 1.50 bits per heavy atom. The third-order valence-corrected chi connectivity index (χ3v) is 2.64. The second-order valence-electron chi connectivity index (χ2n) is 2.74. The summed E-state index contributed by atoms with van der Waals surface area (Å²) in [6.45, 7) is 4.60. The summed E-state index contributed by atoms with van der Waals surface area (Å²) in [5.74, 6) is 0. The molecule has 0 aromatic carbocycles. The Morgan fingerprint density at radius 2 is 2.17 bits per heavy atom. The van der Waals surface area contributed by atoms with Crippen molar-refractivity contribution < 1.29 is 0 Å². The first-order valence-corrected chi connectivity index (χ1v) is 4.67. The fraction of sp³-hybridized carbons (Fsp3) is 0.444. The van der Waals surface area contributed by atoms with Gasteiger partial charge < -0.3 is 0 Å². The van der Waals surface area contributed by atoms with Gasteiger partial charge in [0.15, 0.2) is 0 Å². The minimum atomic E-state index is 0.566. The van der Waals surface area contributed by atoms with E-state index >= 15 is 0 Å². The molecule has 12 heavy (non-hydrogen) atoms. The molecule has 0 fully saturated rings. The highest BCUT2D eigenvalue weighted by molar-refractivity contribution is 6.69. The molecule has 0 aliphatic carbocycles. The van der Waals surface area contributed by atoms with Crippen molar-refractivity contribution in [3.8, 4) is 0 Å². The molecule has 66 valence electrons. The summed E-state index contributed by atoms with van der Waals surface area (Å²) < 4.78 is 0. The van der Waals surface area contributed by atoms with Gasteiger partial charge in [-0.2, -0.15) is 0 Å². The van der Waals surface area contributed by atoms with Crippen LogP contribution in [0.25, 0.3) is 0 Å².